The number of anilines is 2. The smallest absolute Gasteiger partial charge is 0.224 e. The summed E-state index contributed by atoms with van der Waals surface area (Å²) in [5, 5.41) is 2.87. The minimum Gasteiger partial charge on any atom is -0.441 e. The van der Waals surface area contributed by atoms with Crippen LogP contribution in [0.2, 0.25) is 0 Å². The fourth-order valence-corrected chi connectivity index (χ4v) is 3.59. The summed E-state index contributed by atoms with van der Waals surface area (Å²) in [5.74, 6) is -1.01. The van der Waals surface area contributed by atoms with Gasteiger partial charge in [-0.05, 0) is 55.7 Å². The first-order valence-corrected chi connectivity index (χ1v) is 10.1. The largest absolute Gasteiger partial charge is 0.441 e. The number of oxazole rings is 1. The molecule has 0 aliphatic carbocycles. The quantitative estimate of drug-likeness (QED) is 0.607. The molecule has 1 fully saturated rings. The minimum atomic E-state index is -0.719. The Morgan fingerprint density at radius 3 is 2.57 bits per heavy atom. The van der Waals surface area contributed by atoms with Gasteiger partial charge >= 0.3 is 0 Å². The summed E-state index contributed by atoms with van der Waals surface area (Å²) < 4.78 is 32.4. The predicted molar refractivity (Wildman–Crippen MR) is 111 cm³/mol. The van der Waals surface area contributed by atoms with Crippen LogP contribution in [0.4, 0.5) is 20.2 Å². The van der Waals surface area contributed by atoms with Crippen molar-refractivity contribution in [1.29, 1.82) is 0 Å². The third-order valence-corrected chi connectivity index (χ3v) is 5.19. The molecule has 0 unspecified atom stereocenters. The SMILES string of the molecule is O=C(CCc1ncc(-c2ccc(F)cc2F)o1)Nc1ccc(N2CCCCC2)cc1. The Labute approximate surface area is 173 Å². The number of piperidine rings is 1. The lowest BCUT2D eigenvalue weighted by molar-refractivity contribution is -0.116. The lowest BCUT2D eigenvalue weighted by atomic mass is 10.1. The number of hydrogen-bond donors (Lipinski definition) is 1. The van der Waals surface area contributed by atoms with Crippen LogP contribution in [-0.2, 0) is 11.2 Å². The van der Waals surface area contributed by atoms with Crippen molar-refractivity contribution in [3.8, 4) is 11.3 Å². The van der Waals surface area contributed by atoms with Crippen LogP contribution in [0.3, 0.4) is 0 Å². The molecule has 2 aromatic carbocycles. The number of amides is 1. The van der Waals surface area contributed by atoms with E-state index >= 15 is 0 Å². The van der Waals surface area contributed by atoms with Crippen LogP contribution in [0.15, 0.2) is 53.1 Å². The maximum absolute atomic E-state index is 13.9. The van der Waals surface area contributed by atoms with Gasteiger partial charge in [0.1, 0.15) is 11.6 Å². The zero-order valence-electron chi connectivity index (χ0n) is 16.5. The second-order valence-electron chi connectivity index (χ2n) is 7.39. The van der Waals surface area contributed by atoms with Crippen molar-refractivity contribution in [1.82, 2.24) is 4.98 Å². The zero-order chi connectivity index (χ0) is 20.9. The molecule has 156 valence electrons. The predicted octanol–water partition coefficient (Wildman–Crippen LogP) is 5.18. The van der Waals surface area contributed by atoms with Crippen molar-refractivity contribution < 1.29 is 18.0 Å². The third-order valence-electron chi connectivity index (χ3n) is 5.19. The average molecular weight is 411 g/mol. The van der Waals surface area contributed by atoms with Gasteiger partial charge in [-0.3, -0.25) is 4.79 Å². The monoisotopic (exact) mass is 411 g/mol. The van der Waals surface area contributed by atoms with Crippen LogP contribution >= 0.6 is 0 Å². The molecule has 5 nitrogen and oxygen atoms in total. The highest BCUT2D eigenvalue weighted by Gasteiger charge is 2.14. The molecular weight excluding hydrogens is 388 g/mol. The van der Waals surface area contributed by atoms with E-state index in [1.54, 1.807) is 0 Å². The van der Waals surface area contributed by atoms with Crippen LogP contribution in [0.1, 0.15) is 31.6 Å². The van der Waals surface area contributed by atoms with E-state index in [0.29, 0.717) is 5.89 Å². The summed E-state index contributed by atoms with van der Waals surface area (Å²) in [6.45, 7) is 2.15. The van der Waals surface area contributed by atoms with Gasteiger partial charge in [-0.1, -0.05) is 0 Å². The van der Waals surface area contributed by atoms with Gasteiger partial charge in [0.05, 0.1) is 11.8 Å². The summed E-state index contributed by atoms with van der Waals surface area (Å²) in [7, 11) is 0. The van der Waals surface area contributed by atoms with Crippen LogP contribution in [0, 0.1) is 11.6 Å². The topological polar surface area (TPSA) is 58.4 Å². The van der Waals surface area contributed by atoms with Crippen molar-refractivity contribution in [2.45, 2.75) is 32.1 Å². The molecule has 1 amide bonds. The first-order chi connectivity index (χ1) is 14.6. The van der Waals surface area contributed by atoms with Crippen molar-refractivity contribution >= 4 is 17.3 Å². The molecule has 0 bridgehead atoms. The number of aryl methyl sites for hydroxylation is 1. The van der Waals surface area contributed by atoms with Crippen LogP contribution in [0.5, 0.6) is 0 Å². The van der Waals surface area contributed by atoms with Crippen molar-refractivity contribution in [2.75, 3.05) is 23.3 Å². The van der Waals surface area contributed by atoms with E-state index in [1.165, 1.54) is 37.2 Å². The van der Waals surface area contributed by atoms with Gasteiger partial charge in [0.25, 0.3) is 0 Å². The maximum Gasteiger partial charge on any atom is 0.224 e. The fourth-order valence-electron chi connectivity index (χ4n) is 3.59. The second kappa shape index (κ2) is 9.07. The van der Waals surface area contributed by atoms with E-state index in [9.17, 15) is 13.6 Å². The number of halogens is 2. The van der Waals surface area contributed by atoms with Gasteiger partial charge in [-0.15, -0.1) is 0 Å². The fraction of sp³-hybridized carbons (Fsp3) is 0.304. The lowest BCUT2D eigenvalue weighted by Gasteiger charge is -2.28. The average Bonchev–Trinajstić information content (AvgIpc) is 3.22. The van der Waals surface area contributed by atoms with Gasteiger partial charge < -0.3 is 14.6 Å². The molecule has 2 heterocycles. The Morgan fingerprint density at radius 2 is 1.83 bits per heavy atom. The van der Waals surface area contributed by atoms with E-state index < -0.39 is 11.6 Å². The first kappa shape index (κ1) is 20.1. The molecule has 1 aliphatic heterocycles. The van der Waals surface area contributed by atoms with Crippen LogP contribution in [0.25, 0.3) is 11.3 Å². The summed E-state index contributed by atoms with van der Waals surface area (Å²) in [6.07, 6.45) is 5.56. The summed E-state index contributed by atoms with van der Waals surface area (Å²) in [4.78, 5) is 18.7. The highest BCUT2D eigenvalue weighted by molar-refractivity contribution is 5.91. The normalized spacial score (nSPS) is 14.0. The van der Waals surface area contributed by atoms with Gasteiger partial charge in [0.2, 0.25) is 5.91 Å². The number of nitrogens with one attached hydrogen (secondary N) is 1. The molecule has 0 spiro atoms. The molecule has 1 aliphatic rings. The molecule has 0 saturated carbocycles. The Bertz CT molecular complexity index is 1010. The van der Waals surface area contributed by atoms with Gasteiger partial charge in [-0.2, -0.15) is 0 Å². The van der Waals surface area contributed by atoms with E-state index in [0.717, 1.165) is 30.9 Å². The van der Waals surface area contributed by atoms with Crippen LogP contribution < -0.4 is 10.2 Å². The number of carbonyl (C=O) groups excluding carboxylic acids is 1. The molecule has 4 rings (SSSR count). The molecule has 7 heteroatoms. The number of nitrogens with zero attached hydrogens (tertiary/aromatic N) is 2. The zero-order valence-corrected chi connectivity index (χ0v) is 16.5. The summed E-state index contributed by atoms with van der Waals surface area (Å²) in [5.41, 5.74) is 2.05. The number of benzene rings is 2. The Hall–Kier alpha value is -3.22. The molecule has 1 aromatic heterocycles. The molecule has 0 atom stereocenters. The highest BCUT2D eigenvalue weighted by atomic mass is 19.1. The molecule has 1 saturated heterocycles. The lowest BCUT2D eigenvalue weighted by Crippen LogP contribution is -2.29. The summed E-state index contributed by atoms with van der Waals surface area (Å²) >= 11 is 0. The Kier molecular flexibility index (Phi) is 6.07. The van der Waals surface area contributed by atoms with Crippen molar-refractivity contribution in [2.24, 2.45) is 0 Å². The Morgan fingerprint density at radius 1 is 1.07 bits per heavy atom. The van der Waals surface area contributed by atoms with Crippen molar-refractivity contribution in [3.05, 3.63) is 66.2 Å². The molecular formula is C23H23F2N3O2. The molecule has 3 aromatic rings. The number of rotatable bonds is 6. The van der Waals surface area contributed by atoms with Crippen molar-refractivity contribution in [3.63, 3.8) is 0 Å². The van der Waals surface area contributed by atoms with E-state index in [4.69, 9.17) is 4.42 Å². The maximum atomic E-state index is 13.9. The summed E-state index contributed by atoms with van der Waals surface area (Å²) in [6, 6.07) is 11.1. The molecule has 0 radical (unpaired) electrons. The third kappa shape index (κ3) is 4.84. The standard InChI is InChI=1S/C23H23F2N3O2/c24-16-4-9-19(20(25)14-16)21-15-26-23(30-21)11-10-22(29)27-17-5-7-18(8-6-17)28-12-2-1-3-13-28/h4-9,14-15H,1-3,10-13H2,(H,27,29). The van der Waals surface area contributed by atoms with E-state index in [1.807, 2.05) is 24.3 Å². The number of hydrogen-bond acceptors (Lipinski definition) is 4. The first-order valence-electron chi connectivity index (χ1n) is 10.1. The molecule has 1 N–H and O–H groups in total. The van der Waals surface area contributed by atoms with E-state index in [2.05, 4.69) is 15.2 Å². The van der Waals surface area contributed by atoms with Gasteiger partial charge in [0.15, 0.2) is 11.7 Å². The number of carbonyl (C=O) groups is 1. The minimum absolute atomic E-state index is 0.133. The highest BCUT2D eigenvalue weighted by Crippen LogP contribution is 2.25. The Balaban J connectivity index is 1.30. The van der Waals surface area contributed by atoms with E-state index in [-0.39, 0.29) is 30.1 Å². The van der Waals surface area contributed by atoms with Gasteiger partial charge in [-0.25, -0.2) is 13.8 Å². The second-order valence-corrected chi connectivity index (χ2v) is 7.39. The molecule has 30 heavy (non-hydrogen) atoms. The van der Waals surface area contributed by atoms with Gasteiger partial charge in [0, 0.05) is 43.4 Å². The van der Waals surface area contributed by atoms with Crippen LogP contribution in [-0.4, -0.2) is 24.0 Å². The number of aromatic nitrogens is 1.